The monoisotopic (exact) mass is 656 g/mol. The number of aryl methyl sites for hydroxylation is 1. The van der Waals surface area contributed by atoms with Crippen molar-refractivity contribution in [1.82, 2.24) is 34.7 Å². The van der Waals surface area contributed by atoms with E-state index in [0.29, 0.717) is 58.0 Å². The highest BCUT2D eigenvalue weighted by Gasteiger charge is 2.36. The summed E-state index contributed by atoms with van der Waals surface area (Å²) >= 11 is 0. The van der Waals surface area contributed by atoms with Crippen LogP contribution in [0.15, 0.2) is 42.6 Å². The highest BCUT2D eigenvalue weighted by atomic mass is 16.6. The van der Waals surface area contributed by atoms with Crippen molar-refractivity contribution >= 4 is 34.6 Å². The Morgan fingerprint density at radius 1 is 0.917 bits per heavy atom. The summed E-state index contributed by atoms with van der Waals surface area (Å²) in [5.74, 6) is -0.124. The number of para-hydroxylation sites is 1. The molecule has 256 valence electrons. The second-order valence-corrected chi connectivity index (χ2v) is 14.0. The van der Waals surface area contributed by atoms with Crippen LogP contribution in [0.2, 0.25) is 0 Å². The predicted molar refractivity (Wildman–Crippen MR) is 184 cm³/mol. The molecule has 0 radical (unpaired) electrons. The Bertz CT molecular complexity index is 1620. The Balaban J connectivity index is 0.996. The Labute approximate surface area is 282 Å². The van der Waals surface area contributed by atoms with Crippen LogP contribution in [0.3, 0.4) is 0 Å². The molecule has 48 heavy (non-hydrogen) atoms. The van der Waals surface area contributed by atoms with Crippen LogP contribution in [0, 0.1) is 6.92 Å². The molecule has 3 fully saturated rings. The summed E-state index contributed by atoms with van der Waals surface area (Å²) in [6.07, 6.45) is 4.67. The number of nitrogens with zero attached hydrogens (tertiary/aromatic N) is 6. The van der Waals surface area contributed by atoms with Crippen LogP contribution >= 0.6 is 0 Å². The maximum absolute atomic E-state index is 14.1. The van der Waals surface area contributed by atoms with E-state index in [4.69, 9.17) is 4.74 Å². The number of likely N-dealkylation sites (N-methyl/N-ethyl adjacent to an activating group) is 1. The van der Waals surface area contributed by atoms with E-state index >= 15 is 0 Å². The van der Waals surface area contributed by atoms with Crippen molar-refractivity contribution in [2.24, 2.45) is 0 Å². The van der Waals surface area contributed by atoms with E-state index in [1.807, 2.05) is 47.1 Å². The molecule has 4 amide bonds. The number of hydrogen-bond acceptors (Lipinski definition) is 7. The Kier molecular flexibility index (Phi) is 9.54. The second-order valence-electron chi connectivity index (χ2n) is 14.0. The number of hydrogen-bond donors (Lipinski definition) is 2. The van der Waals surface area contributed by atoms with E-state index in [1.54, 1.807) is 11.1 Å². The first-order chi connectivity index (χ1) is 23.3. The molecule has 12 nitrogen and oxygen atoms in total. The summed E-state index contributed by atoms with van der Waals surface area (Å²) in [5, 5.41) is 11.3. The van der Waals surface area contributed by atoms with Crippen LogP contribution in [0.5, 0.6) is 0 Å². The van der Waals surface area contributed by atoms with Crippen LogP contribution in [0.4, 0.5) is 15.3 Å². The molecule has 1 aromatic heterocycles. The topological polar surface area (TPSA) is 117 Å². The Morgan fingerprint density at radius 3 is 2.40 bits per heavy atom. The van der Waals surface area contributed by atoms with Crippen molar-refractivity contribution in [3.8, 4) is 0 Å². The quantitative estimate of drug-likeness (QED) is 0.416. The lowest BCUT2D eigenvalue weighted by Crippen LogP contribution is -2.54. The molecule has 0 spiro atoms. The normalized spacial score (nSPS) is 21.1. The molecule has 4 aliphatic heterocycles. The smallest absolute Gasteiger partial charge is 0.410 e. The summed E-state index contributed by atoms with van der Waals surface area (Å²) in [6.45, 7) is 9.21. The first kappa shape index (κ1) is 32.4. The number of carbonyl (C=O) groups excluding carboxylic acids is 3. The van der Waals surface area contributed by atoms with Gasteiger partial charge < -0.3 is 29.7 Å². The lowest BCUT2D eigenvalue weighted by Gasteiger charge is -2.42. The first-order valence-corrected chi connectivity index (χ1v) is 17.6. The zero-order chi connectivity index (χ0) is 33.2. The van der Waals surface area contributed by atoms with Gasteiger partial charge in [-0.2, -0.15) is 5.10 Å². The van der Waals surface area contributed by atoms with Crippen LogP contribution in [0.1, 0.15) is 42.4 Å². The predicted octanol–water partition coefficient (Wildman–Crippen LogP) is 3.71. The maximum atomic E-state index is 14.1. The number of amides is 4. The molecule has 0 saturated carbocycles. The van der Waals surface area contributed by atoms with E-state index < -0.39 is 12.2 Å². The van der Waals surface area contributed by atoms with Gasteiger partial charge in [0.15, 0.2) is 6.10 Å². The average Bonchev–Trinajstić information content (AvgIpc) is 3.52. The molecular formula is C36H48N8O4. The van der Waals surface area contributed by atoms with Gasteiger partial charge in [0.25, 0.3) is 5.91 Å². The van der Waals surface area contributed by atoms with Gasteiger partial charge in [-0.05, 0) is 74.9 Å². The largest absolute Gasteiger partial charge is 0.436 e. The summed E-state index contributed by atoms with van der Waals surface area (Å²) in [7, 11) is 2.17. The molecule has 7 rings (SSSR count). The molecule has 12 heteroatoms. The summed E-state index contributed by atoms with van der Waals surface area (Å²) in [4.78, 5) is 51.3. The minimum atomic E-state index is -0.922. The number of ether oxygens (including phenoxy) is 1. The van der Waals surface area contributed by atoms with Gasteiger partial charge in [0.05, 0.1) is 11.7 Å². The third-order valence-electron chi connectivity index (χ3n) is 10.9. The Hall–Kier alpha value is -4.16. The van der Waals surface area contributed by atoms with Crippen molar-refractivity contribution in [2.75, 3.05) is 71.3 Å². The van der Waals surface area contributed by atoms with Gasteiger partial charge in [0.1, 0.15) is 0 Å². The molecular weight excluding hydrogens is 608 g/mol. The number of aromatic amines is 1. The van der Waals surface area contributed by atoms with Gasteiger partial charge in [-0.3, -0.25) is 14.8 Å². The third-order valence-corrected chi connectivity index (χ3v) is 10.9. The van der Waals surface area contributed by atoms with Crippen LogP contribution in [0.25, 0.3) is 10.9 Å². The number of likely N-dealkylation sites (tertiary alicyclic amines) is 2. The number of rotatable bonds is 6. The van der Waals surface area contributed by atoms with E-state index in [2.05, 4.69) is 38.4 Å². The molecule has 5 heterocycles. The number of piperazine rings is 1. The van der Waals surface area contributed by atoms with Gasteiger partial charge in [-0.1, -0.05) is 24.3 Å². The van der Waals surface area contributed by atoms with Crippen molar-refractivity contribution in [3.63, 3.8) is 0 Å². The number of nitrogens with one attached hydrogen (secondary N) is 2. The van der Waals surface area contributed by atoms with E-state index in [1.165, 1.54) is 0 Å². The summed E-state index contributed by atoms with van der Waals surface area (Å²) in [6, 6.07) is 12.4. The minimum Gasteiger partial charge on any atom is -0.436 e. The molecule has 4 aliphatic rings. The molecule has 3 saturated heterocycles. The Morgan fingerprint density at radius 2 is 1.62 bits per heavy atom. The molecule has 2 N–H and O–H groups in total. The number of piperidine rings is 2. The van der Waals surface area contributed by atoms with Crippen molar-refractivity contribution in [1.29, 1.82) is 0 Å². The summed E-state index contributed by atoms with van der Waals surface area (Å²) < 4.78 is 6.12. The molecule has 0 bridgehead atoms. The number of H-pyrrole nitrogens is 1. The van der Waals surface area contributed by atoms with Crippen LogP contribution in [-0.4, -0.2) is 137 Å². The van der Waals surface area contributed by atoms with Gasteiger partial charge in [0.2, 0.25) is 0 Å². The molecule has 1 unspecified atom stereocenters. The van der Waals surface area contributed by atoms with E-state index in [-0.39, 0.29) is 18.0 Å². The molecule has 2 aromatic carbocycles. The second kappa shape index (κ2) is 14.1. The number of urea groups is 1. The number of benzene rings is 2. The van der Waals surface area contributed by atoms with Gasteiger partial charge in [0, 0.05) is 88.5 Å². The summed E-state index contributed by atoms with van der Waals surface area (Å²) in [5.41, 5.74) is 4.94. The highest BCUT2D eigenvalue weighted by Crippen LogP contribution is 2.26. The molecule has 1 atom stereocenters. The third kappa shape index (κ3) is 7.00. The van der Waals surface area contributed by atoms with Crippen molar-refractivity contribution in [2.45, 2.75) is 63.6 Å². The fraction of sp³-hybridized carbons (Fsp3) is 0.556. The SMILES string of the molecule is Cc1cc(CC(OC(=O)N2CCC(N3CCc4ccccc4NC3=O)CC2)C(=O)N2CCC(N3CCN(C)CC3)CC2)cc2cn[nH]c12. The number of aromatic nitrogens is 2. The minimum absolute atomic E-state index is 0.0343. The van der Waals surface area contributed by atoms with Crippen molar-refractivity contribution in [3.05, 3.63) is 59.3 Å². The van der Waals surface area contributed by atoms with Crippen LogP contribution in [-0.2, 0) is 22.4 Å². The van der Waals surface area contributed by atoms with Crippen molar-refractivity contribution < 1.29 is 19.1 Å². The first-order valence-electron chi connectivity index (χ1n) is 17.6. The molecule has 3 aromatic rings. The lowest BCUT2D eigenvalue weighted by atomic mass is 9.99. The number of anilines is 1. The van der Waals surface area contributed by atoms with Gasteiger partial charge in [-0.25, -0.2) is 9.59 Å². The average molecular weight is 657 g/mol. The van der Waals surface area contributed by atoms with E-state index in [9.17, 15) is 14.4 Å². The van der Waals surface area contributed by atoms with Gasteiger partial charge in [-0.15, -0.1) is 0 Å². The fourth-order valence-corrected chi connectivity index (χ4v) is 7.96. The lowest BCUT2D eigenvalue weighted by molar-refractivity contribution is -0.142. The van der Waals surface area contributed by atoms with Crippen LogP contribution < -0.4 is 5.32 Å². The zero-order valence-corrected chi connectivity index (χ0v) is 28.2. The number of fused-ring (bicyclic) bond motifs is 2. The zero-order valence-electron chi connectivity index (χ0n) is 28.2. The van der Waals surface area contributed by atoms with E-state index in [0.717, 1.165) is 78.7 Å². The number of carbonyl (C=O) groups is 3. The van der Waals surface area contributed by atoms with Gasteiger partial charge >= 0.3 is 12.1 Å². The maximum Gasteiger partial charge on any atom is 0.410 e. The standard InChI is InChI=1S/C36H48N8O4/c1-25-21-26(22-28-24-37-39-33(25)28)23-32(34(45)42-12-8-29(9-13-42)41-19-17-40(2)18-20-41)48-36(47)43-14-10-30(11-15-43)44-16-7-27-5-3-4-6-31(27)38-35(44)46/h3-6,21-22,24,29-30,32H,7-20,23H2,1-2H3,(H,37,39)(H,38,46). The highest BCUT2D eigenvalue weighted by molar-refractivity contribution is 5.91. The molecule has 0 aliphatic carbocycles. The fourth-order valence-electron chi connectivity index (χ4n) is 7.96.